The fourth-order valence-corrected chi connectivity index (χ4v) is 1.68. The Labute approximate surface area is 111 Å². The lowest BCUT2D eigenvalue weighted by Gasteiger charge is -2.09. The van der Waals surface area contributed by atoms with Gasteiger partial charge in [0, 0.05) is 0 Å². The summed E-state index contributed by atoms with van der Waals surface area (Å²) in [6, 6.07) is 4.89. The van der Waals surface area contributed by atoms with E-state index in [2.05, 4.69) is 15.2 Å². The van der Waals surface area contributed by atoms with Gasteiger partial charge in [0.15, 0.2) is 5.75 Å². The van der Waals surface area contributed by atoms with Crippen LogP contribution in [0.3, 0.4) is 0 Å². The minimum Gasteiger partial charge on any atom is -0.506 e. The number of hydrogen-bond acceptors (Lipinski definition) is 6. The summed E-state index contributed by atoms with van der Waals surface area (Å²) in [5.41, 5.74) is 7.58. The number of aromatic nitrogens is 3. The average Bonchev–Trinajstić information content (AvgIpc) is 2.43. The summed E-state index contributed by atoms with van der Waals surface area (Å²) >= 11 is 0. The molecular formula is C13H16N4O2. The highest BCUT2D eigenvalue weighted by molar-refractivity contribution is 5.62. The second-order valence-electron chi connectivity index (χ2n) is 3.99. The molecular weight excluding hydrogens is 244 g/mol. The number of nitrogens with zero attached hydrogens (tertiary/aromatic N) is 3. The van der Waals surface area contributed by atoms with Crippen LogP contribution < -0.4 is 10.5 Å². The number of aromatic hydroxyl groups is 1. The Hall–Kier alpha value is -2.37. The minimum atomic E-state index is -0.0358. The lowest BCUT2D eigenvalue weighted by Crippen LogP contribution is -2.05. The number of phenolic OH excluding ortho intramolecular Hbond substituents is 1. The predicted octanol–water partition coefficient (Wildman–Crippen LogP) is 2.08. The Morgan fingerprint density at radius 1 is 1.16 bits per heavy atom. The molecule has 1 aromatic carbocycles. The number of para-hydroxylation sites is 1. The average molecular weight is 260 g/mol. The molecule has 0 unspecified atom stereocenters. The number of rotatable bonds is 4. The molecule has 6 heteroatoms. The Morgan fingerprint density at radius 2 is 1.89 bits per heavy atom. The van der Waals surface area contributed by atoms with Crippen molar-refractivity contribution < 1.29 is 9.84 Å². The van der Waals surface area contributed by atoms with Gasteiger partial charge in [-0.25, -0.2) is 0 Å². The summed E-state index contributed by atoms with van der Waals surface area (Å²) < 4.78 is 5.46. The molecule has 0 bridgehead atoms. The van der Waals surface area contributed by atoms with Crippen LogP contribution in [0.5, 0.6) is 17.5 Å². The van der Waals surface area contributed by atoms with Crippen LogP contribution in [0.1, 0.15) is 25.2 Å². The highest BCUT2D eigenvalue weighted by Gasteiger charge is 2.11. The molecule has 0 aliphatic carbocycles. The maximum Gasteiger partial charge on any atom is 0.341 e. The molecule has 0 saturated carbocycles. The molecule has 0 aliphatic rings. The quantitative estimate of drug-likeness (QED) is 0.645. The van der Waals surface area contributed by atoms with Gasteiger partial charge in [0.05, 0.1) is 11.4 Å². The second kappa shape index (κ2) is 5.51. The zero-order valence-corrected chi connectivity index (χ0v) is 10.9. The van der Waals surface area contributed by atoms with Gasteiger partial charge in [-0.1, -0.05) is 25.0 Å². The summed E-state index contributed by atoms with van der Waals surface area (Å²) in [6.45, 7) is 3.99. The first-order valence-corrected chi connectivity index (χ1v) is 6.13. The van der Waals surface area contributed by atoms with E-state index >= 15 is 0 Å². The molecule has 2 aromatic rings. The van der Waals surface area contributed by atoms with E-state index in [1.54, 1.807) is 12.1 Å². The van der Waals surface area contributed by atoms with Crippen molar-refractivity contribution in [2.75, 3.05) is 5.73 Å². The van der Waals surface area contributed by atoms with Gasteiger partial charge in [-0.15, -0.1) is 5.10 Å². The van der Waals surface area contributed by atoms with Crippen LogP contribution >= 0.6 is 0 Å². The molecule has 6 nitrogen and oxygen atoms in total. The lowest BCUT2D eigenvalue weighted by molar-refractivity contribution is 0.424. The van der Waals surface area contributed by atoms with E-state index in [-0.39, 0.29) is 17.4 Å². The highest BCUT2D eigenvalue weighted by atomic mass is 16.5. The Morgan fingerprint density at radius 3 is 2.58 bits per heavy atom. The zero-order chi connectivity index (χ0) is 13.8. The van der Waals surface area contributed by atoms with Crippen molar-refractivity contribution in [3.05, 3.63) is 29.6 Å². The third-order valence-electron chi connectivity index (χ3n) is 2.73. The first-order chi connectivity index (χ1) is 9.15. The number of ether oxygens (including phenoxy) is 1. The van der Waals surface area contributed by atoms with Crippen molar-refractivity contribution >= 4 is 5.69 Å². The topological polar surface area (TPSA) is 94.2 Å². The highest BCUT2D eigenvalue weighted by Crippen LogP contribution is 2.32. The number of anilines is 1. The first-order valence-electron chi connectivity index (χ1n) is 6.13. The number of phenols is 1. The molecule has 3 N–H and O–H groups in total. The Bertz CT molecular complexity index is 587. The zero-order valence-electron chi connectivity index (χ0n) is 10.9. The molecule has 19 heavy (non-hydrogen) atoms. The van der Waals surface area contributed by atoms with Crippen LogP contribution in [0.15, 0.2) is 18.2 Å². The van der Waals surface area contributed by atoms with Crippen molar-refractivity contribution in [2.45, 2.75) is 26.7 Å². The predicted molar refractivity (Wildman–Crippen MR) is 71.2 cm³/mol. The number of nitrogen functional groups attached to an aromatic ring is 1. The van der Waals surface area contributed by atoms with Crippen molar-refractivity contribution in [3.63, 3.8) is 0 Å². The molecule has 0 spiro atoms. The van der Waals surface area contributed by atoms with Gasteiger partial charge in [-0.05, 0) is 25.0 Å². The van der Waals surface area contributed by atoms with Gasteiger partial charge in [-0.3, -0.25) is 0 Å². The Kier molecular flexibility index (Phi) is 3.79. The molecule has 1 heterocycles. The largest absolute Gasteiger partial charge is 0.506 e. The summed E-state index contributed by atoms with van der Waals surface area (Å²) in [6.07, 6.45) is 1.53. The second-order valence-corrected chi connectivity index (χ2v) is 3.99. The first kappa shape index (κ1) is 13.1. The monoisotopic (exact) mass is 260 g/mol. The van der Waals surface area contributed by atoms with Crippen LogP contribution in [0.2, 0.25) is 0 Å². The smallest absolute Gasteiger partial charge is 0.341 e. The fraction of sp³-hybridized carbons (Fsp3) is 0.308. The molecule has 0 atom stereocenters. The molecule has 0 amide bonds. The van der Waals surface area contributed by atoms with Crippen LogP contribution in [0.4, 0.5) is 5.69 Å². The van der Waals surface area contributed by atoms with Crippen molar-refractivity contribution in [2.24, 2.45) is 0 Å². The normalized spacial score (nSPS) is 10.4. The van der Waals surface area contributed by atoms with Crippen LogP contribution in [-0.4, -0.2) is 20.3 Å². The van der Waals surface area contributed by atoms with E-state index in [1.165, 1.54) is 6.07 Å². The van der Waals surface area contributed by atoms with E-state index in [1.807, 2.05) is 13.8 Å². The van der Waals surface area contributed by atoms with E-state index in [0.717, 1.165) is 24.2 Å². The van der Waals surface area contributed by atoms with Crippen LogP contribution in [-0.2, 0) is 12.8 Å². The third kappa shape index (κ3) is 2.73. The Balaban J connectivity index is 2.31. The number of aryl methyl sites for hydroxylation is 2. The summed E-state index contributed by atoms with van der Waals surface area (Å²) in [7, 11) is 0. The van der Waals surface area contributed by atoms with Crippen molar-refractivity contribution in [1.82, 2.24) is 15.2 Å². The maximum atomic E-state index is 9.50. The van der Waals surface area contributed by atoms with E-state index in [4.69, 9.17) is 10.5 Å². The van der Waals surface area contributed by atoms with E-state index in [0.29, 0.717) is 5.75 Å². The van der Waals surface area contributed by atoms with Crippen LogP contribution in [0, 0.1) is 0 Å². The van der Waals surface area contributed by atoms with Crippen molar-refractivity contribution in [3.8, 4) is 17.5 Å². The van der Waals surface area contributed by atoms with Crippen LogP contribution in [0.25, 0.3) is 0 Å². The van der Waals surface area contributed by atoms with Gasteiger partial charge in [0.2, 0.25) is 0 Å². The molecule has 1 aromatic heterocycles. The number of hydrogen-bond donors (Lipinski definition) is 2. The minimum absolute atomic E-state index is 0.0358. The number of nitrogens with two attached hydrogens (primary N) is 1. The SMILES string of the molecule is CCc1nnc(Oc2cccc(O)c2N)nc1CC. The maximum absolute atomic E-state index is 9.50. The van der Waals surface area contributed by atoms with Crippen molar-refractivity contribution in [1.29, 1.82) is 0 Å². The van der Waals surface area contributed by atoms with Gasteiger partial charge in [-0.2, -0.15) is 4.98 Å². The standard InChI is InChI=1S/C13H16N4O2/c1-3-8-9(4-2)16-17-13(15-8)19-11-7-5-6-10(18)12(11)14/h5-7,18H,3-4,14H2,1-2H3. The number of benzene rings is 1. The molecule has 0 aliphatic heterocycles. The molecule has 100 valence electrons. The van der Waals surface area contributed by atoms with Gasteiger partial charge >= 0.3 is 6.01 Å². The molecule has 2 rings (SSSR count). The summed E-state index contributed by atoms with van der Waals surface area (Å²) in [5, 5.41) is 17.5. The summed E-state index contributed by atoms with van der Waals surface area (Å²) in [4.78, 5) is 4.30. The molecule has 0 saturated heterocycles. The molecule has 0 fully saturated rings. The lowest BCUT2D eigenvalue weighted by atomic mass is 10.2. The third-order valence-corrected chi connectivity index (χ3v) is 2.73. The van der Waals surface area contributed by atoms with E-state index < -0.39 is 0 Å². The van der Waals surface area contributed by atoms with E-state index in [9.17, 15) is 5.11 Å². The van der Waals surface area contributed by atoms with Gasteiger partial charge in [0.1, 0.15) is 11.4 Å². The van der Waals surface area contributed by atoms with Gasteiger partial charge in [0.25, 0.3) is 0 Å². The van der Waals surface area contributed by atoms with Gasteiger partial charge < -0.3 is 15.6 Å². The fourth-order valence-electron chi connectivity index (χ4n) is 1.68. The molecule has 0 radical (unpaired) electrons. The summed E-state index contributed by atoms with van der Waals surface area (Å²) in [5.74, 6) is 0.277.